The summed E-state index contributed by atoms with van der Waals surface area (Å²) in [5.74, 6) is 1.93. The van der Waals surface area contributed by atoms with Crippen molar-refractivity contribution in [2.24, 2.45) is 0 Å². The second kappa shape index (κ2) is 9.13. The van der Waals surface area contributed by atoms with E-state index in [1.54, 1.807) is 0 Å². The van der Waals surface area contributed by atoms with Crippen molar-refractivity contribution in [3.63, 3.8) is 0 Å². The third-order valence-electron chi connectivity index (χ3n) is 5.04. The topological polar surface area (TPSA) is 15.3 Å². The number of nitrogens with zero attached hydrogens (tertiary/aromatic N) is 1. The molecule has 0 saturated heterocycles. The summed E-state index contributed by atoms with van der Waals surface area (Å²) in [4.78, 5) is 0. The molecule has 0 aliphatic carbocycles. The number of halogens is 4. The van der Waals surface area contributed by atoms with Gasteiger partial charge in [0.05, 0.1) is 31.8 Å². The summed E-state index contributed by atoms with van der Waals surface area (Å²) in [5, 5.41) is 4.58. The van der Waals surface area contributed by atoms with Gasteiger partial charge in [0.15, 0.2) is 0 Å². The number of thioether (sulfide) groups is 1. The minimum absolute atomic E-state index is 0.0938. The molecular formula is C22H20Cl4N2S. The Kier molecular flexibility index (Phi) is 6.75. The Morgan fingerprint density at radius 2 is 1.72 bits per heavy atom. The first-order valence-corrected chi connectivity index (χ1v) is 12.1. The van der Waals surface area contributed by atoms with Gasteiger partial charge in [0, 0.05) is 18.1 Å². The lowest BCUT2D eigenvalue weighted by atomic mass is 9.97. The van der Waals surface area contributed by atoms with E-state index in [4.69, 9.17) is 46.4 Å². The van der Waals surface area contributed by atoms with E-state index in [9.17, 15) is 0 Å². The highest BCUT2D eigenvalue weighted by Gasteiger charge is 2.35. The molecule has 1 N–H and O–H groups in total. The van der Waals surface area contributed by atoms with Crippen molar-refractivity contribution >= 4 is 64.2 Å². The summed E-state index contributed by atoms with van der Waals surface area (Å²) in [6, 6.07) is 11.7. The first-order valence-electron chi connectivity index (χ1n) is 9.43. The molecule has 0 spiro atoms. The van der Waals surface area contributed by atoms with Gasteiger partial charge >= 0.3 is 0 Å². The van der Waals surface area contributed by atoms with Gasteiger partial charge in [0.25, 0.3) is 0 Å². The third kappa shape index (κ3) is 4.46. The summed E-state index contributed by atoms with van der Waals surface area (Å²) in [5.41, 5.74) is 9.82. The van der Waals surface area contributed by atoms with Gasteiger partial charge in [0.1, 0.15) is 0 Å². The van der Waals surface area contributed by atoms with E-state index in [2.05, 4.69) is 23.4 Å². The largest absolute Gasteiger partial charge is 0.307 e. The van der Waals surface area contributed by atoms with Gasteiger partial charge in [-0.05, 0) is 59.0 Å². The van der Waals surface area contributed by atoms with Crippen LogP contribution in [0.15, 0.2) is 53.2 Å². The molecule has 29 heavy (non-hydrogen) atoms. The van der Waals surface area contributed by atoms with Crippen molar-refractivity contribution in [2.75, 3.05) is 18.1 Å². The molecular weight excluding hydrogens is 466 g/mol. The fourth-order valence-electron chi connectivity index (χ4n) is 3.76. The minimum Gasteiger partial charge on any atom is -0.307 e. The third-order valence-corrected chi connectivity index (χ3v) is 7.54. The van der Waals surface area contributed by atoms with Gasteiger partial charge in [0.2, 0.25) is 0 Å². The predicted octanol–water partition coefficient (Wildman–Crippen LogP) is 7.66. The first kappa shape index (κ1) is 21.4. The van der Waals surface area contributed by atoms with Gasteiger partial charge in [-0.2, -0.15) is 11.8 Å². The van der Waals surface area contributed by atoms with E-state index in [0.29, 0.717) is 20.1 Å². The van der Waals surface area contributed by atoms with E-state index in [1.807, 2.05) is 48.2 Å². The summed E-state index contributed by atoms with van der Waals surface area (Å²) in [6.07, 6.45) is 3.26. The fourth-order valence-corrected chi connectivity index (χ4v) is 5.44. The normalized spacial score (nSPS) is 20.5. The molecule has 0 fully saturated rings. The van der Waals surface area contributed by atoms with E-state index in [1.165, 1.54) is 16.8 Å². The quantitative estimate of drug-likeness (QED) is 0.478. The zero-order chi connectivity index (χ0) is 20.5. The van der Waals surface area contributed by atoms with Crippen molar-refractivity contribution in [3.05, 3.63) is 84.5 Å². The van der Waals surface area contributed by atoms with Crippen molar-refractivity contribution in [3.8, 4) is 0 Å². The predicted molar refractivity (Wildman–Crippen MR) is 128 cm³/mol. The molecule has 0 saturated carbocycles. The van der Waals surface area contributed by atoms with Crippen molar-refractivity contribution < 1.29 is 0 Å². The Hall–Kier alpha value is -0.810. The molecule has 0 amide bonds. The number of allylic oxidation sites excluding steroid dienone is 1. The lowest BCUT2D eigenvalue weighted by molar-refractivity contribution is 0.259. The van der Waals surface area contributed by atoms with E-state index < -0.39 is 0 Å². The molecule has 2 aromatic rings. The number of hydrogen-bond acceptors (Lipinski definition) is 3. The van der Waals surface area contributed by atoms with E-state index in [-0.39, 0.29) is 6.04 Å². The number of nitrogens with one attached hydrogen (secondary N) is 1. The fraction of sp³-hybridized carbons (Fsp3) is 0.273. The Morgan fingerprint density at radius 3 is 2.41 bits per heavy atom. The second-order valence-electron chi connectivity index (χ2n) is 7.10. The Morgan fingerprint density at radius 1 is 1.00 bits per heavy atom. The molecule has 7 heteroatoms. The van der Waals surface area contributed by atoms with Gasteiger partial charge in [-0.1, -0.05) is 65.5 Å². The number of hydrogen-bond donors (Lipinski definition) is 1. The Balaban J connectivity index is 1.76. The van der Waals surface area contributed by atoms with Crippen LogP contribution in [0.4, 0.5) is 0 Å². The molecule has 0 aromatic heterocycles. The van der Waals surface area contributed by atoms with Crippen LogP contribution in [0.2, 0.25) is 20.1 Å². The average molecular weight is 486 g/mol. The lowest BCUT2D eigenvalue weighted by Gasteiger charge is -2.26. The van der Waals surface area contributed by atoms with Crippen LogP contribution < -0.4 is 5.43 Å². The van der Waals surface area contributed by atoms with Gasteiger partial charge in [-0.15, -0.1) is 0 Å². The van der Waals surface area contributed by atoms with E-state index >= 15 is 0 Å². The summed E-state index contributed by atoms with van der Waals surface area (Å²) < 4.78 is 0. The average Bonchev–Trinajstić information content (AvgIpc) is 3.07. The van der Waals surface area contributed by atoms with Gasteiger partial charge in [-0.25, -0.2) is 5.43 Å². The first-order chi connectivity index (χ1) is 14.0. The van der Waals surface area contributed by atoms with Crippen LogP contribution in [-0.4, -0.2) is 23.1 Å². The maximum Gasteiger partial charge on any atom is 0.0754 e. The number of rotatable bonds is 4. The maximum atomic E-state index is 6.30. The van der Waals surface area contributed by atoms with Crippen LogP contribution in [0.25, 0.3) is 6.08 Å². The number of benzene rings is 2. The highest BCUT2D eigenvalue weighted by Crippen LogP contribution is 2.43. The molecule has 2 nitrogen and oxygen atoms in total. The highest BCUT2D eigenvalue weighted by molar-refractivity contribution is 7.99. The van der Waals surface area contributed by atoms with Crippen LogP contribution in [0, 0.1) is 0 Å². The SMILES string of the molecule is CCCN1NC(c2ccc(Cl)c(Cl)c2)C2=C1/C(=C\c1ccc(Cl)c(Cl)c1)CSC2. The zero-order valence-corrected chi connectivity index (χ0v) is 19.7. The second-order valence-corrected chi connectivity index (χ2v) is 9.71. The van der Waals surface area contributed by atoms with Crippen molar-refractivity contribution in [1.29, 1.82) is 0 Å². The molecule has 1 unspecified atom stereocenters. The minimum atomic E-state index is 0.0938. The smallest absolute Gasteiger partial charge is 0.0754 e. The standard InChI is InChI=1S/C22H20Cl4N2S/c1-2-7-28-22-15(8-13-3-5-17(23)19(25)9-13)11-29-12-16(22)21(27-28)14-4-6-18(24)20(26)10-14/h3-6,8-10,21,27H,2,7,11-12H2,1H3/b15-8-. The molecule has 2 aliphatic heterocycles. The van der Waals surface area contributed by atoms with Crippen molar-refractivity contribution in [2.45, 2.75) is 19.4 Å². The highest BCUT2D eigenvalue weighted by atomic mass is 35.5. The zero-order valence-electron chi connectivity index (χ0n) is 15.8. The number of hydrazine groups is 1. The molecule has 152 valence electrons. The summed E-state index contributed by atoms with van der Waals surface area (Å²) >= 11 is 26.7. The molecule has 2 heterocycles. The monoisotopic (exact) mass is 484 g/mol. The van der Waals surface area contributed by atoms with Crippen LogP contribution in [0.3, 0.4) is 0 Å². The molecule has 0 bridgehead atoms. The summed E-state index contributed by atoms with van der Waals surface area (Å²) in [7, 11) is 0. The molecule has 4 rings (SSSR count). The van der Waals surface area contributed by atoms with Gasteiger partial charge in [-0.3, -0.25) is 0 Å². The van der Waals surface area contributed by atoms with Crippen molar-refractivity contribution in [1.82, 2.24) is 10.4 Å². The Labute approximate surface area is 195 Å². The molecule has 1 atom stereocenters. The molecule has 2 aromatic carbocycles. The molecule has 2 aliphatic rings. The lowest BCUT2D eigenvalue weighted by Crippen LogP contribution is -2.34. The Bertz CT molecular complexity index is 1000. The maximum absolute atomic E-state index is 6.30. The summed E-state index contributed by atoms with van der Waals surface area (Å²) in [6.45, 7) is 3.12. The van der Waals surface area contributed by atoms with Crippen LogP contribution in [0.5, 0.6) is 0 Å². The van der Waals surface area contributed by atoms with Gasteiger partial charge < -0.3 is 5.01 Å². The van der Waals surface area contributed by atoms with Crippen LogP contribution in [0.1, 0.15) is 30.5 Å². The molecule has 0 radical (unpaired) electrons. The van der Waals surface area contributed by atoms with Crippen LogP contribution in [-0.2, 0) is 0 Å². The van der Waals surface area contributed by atoms with E-state index in [0.717, 1.165) is 35.6 Å². The van der Waals surface area contributed by atoms with Crippen LogP contribution >= 0.6 is 58.2 Å².